The van der Waals surface area contributed by atoms with E-state index in [0.717, 1.165) is 54.2 Å². The van der Waals surface area contributed by atoms with E-state index in [9.17, 15) is 0 Å². The van der Waals surface area contributed by atoms with Crippen LogP contribution in [0.2, 0.25) is 5.02 Å². The quantitative estimate of drug-likeness (QED) is 0.682. The van der Waals surface area contributed by atoms with E-state index >= 15 is 0 Å². The Hall–Kier alpha value is -1.13. The summed E-state index contributed by atoms with van der Waals surface area (Å²) in [7, 11) is 0. The first-order valence-electron chi connectivity index (χ1n) is 6.98. The van der Waals surface area contributed by atoms with E-state index < -0.39 is 0 Å². The number of rotatable bonds is 5. The lowest BCUT2D eigenvalue weighted by molar-refractivity contribution is 0.312. The zero-order chi connectivity index (χ0) is 14.3. The number of halogens is 1. The minimum absolute atomic E-state index is 0.746. The van der Waals surface area contributed by atoms with Crippen LogP contribution in [0.1, 0.15) is 49.8 Å². The van der Waals surface area contributed by atoms with Crippen molar-refractivity contribution in [1.82, 2.24) is 0 Å². The molecular weight excluding hydrogens is 256 g/mol. The molecule has 0 aromatic heterocycles. The van der Waals surface area contributed by atoms with Gasteiger partial charge in [-0.15, -0.1) is 11.8 Å². The van der Waals surface area contributed by atoms with Crippen molar-refractivity contribution in [3.05, 3.63) is 27.8 Å². The first-order valence-corrected chi connectivity index (χ1v) is 7.36. The lowest BCUT2D eigenvalue weighted by Crippen LogP contribution is -2.03. The van der Waals surface area contributed by atoms with Crippen molar-refractivity contribution in [2.45, 2.75) is 53.4 Å². The summed E-state index contributed by atoms with van der Waals surface area (Å²) in [5.41, 5.74) is 3.45. The van der Waals surface area contributed by atoms with Gasteiger partial charge in [0.15, 0.2) is 0 Å². The van der Waals surface area contributed by atoms with Gasteiger partial charge >= 0.3 is 0 Å². The molecule has 0 atom stereocenters. The Morgan fingerprint density at radius 3 is 2.58 bits per heavy atom. The normalized spacial score (nSPS) is 9.95. The summed E-state index contributed by atoms with van der Waals surface area (Å²) < 4.78 is 5.90. The maximum absolute atomic E-state index is 6.27. The average Bonchev–Trinajstić information content (AvgIpc) is 2.39. The van der Waals surface area contributed by atoms with Crippen LogP contribution in [0.4, 0.5) is 0 Å². The molecule has 1 aromatic carbocycles. The van der Waals surface area contributed by atoms with Crippen molar-refractivity contribution < 1.29 is 4.74 Å². The van der Waals surface area contributed by atoms with Crippen molar-refractivity contribution in [1.29, 1.82) is 0 Å². The predicted octanol–water partition coefficient (Wildman–Crippen LogP) is 5.09. The Labute approximate surface area is 122 Å². The fraction of sp³-hybridized carbons (Fsp3) is 0.529. The summed E-state index contributed by atoms with van der Waals surface area (Å²) >= 11 is 6.27. The number of benzene rings is 1. The molecule has 0 fully saturated rings. The minimum atomic E-state index is 0.746. The molecule has 19 heavy (non-hydrogen) atoms. The van der Waals surface area contributed by atoms with E-state index in [1.54, 1.807) is 0 Å². The molecule has 0 amide bonds. The van der Waals surface area contributed by atoms with E-state index in [1.807, 2.05) is 6.07 Å². The Morgan fingerprint density at radius 1 is 1.21 bits per heavy atom. The molecule has 1 rings (SSSR count). The SMILES string of the molecule is CCC#CCCc1c(C)c(Cl)cc(C)c1OCCC. The third-order valence-corrected chi connectivity index (χ3v) is 3.43. The first-order chi connectivity index (χ1) is 9.11. The fourth-order valence-electron chi connectivity index (χ4n) is 2.02. The topological polar surface area (TPSA) is 9.23 Å². The van der Waals surface area contributed by atoms with Crippen LogP contribution in [0.5, 0.6) is 5.75 Å². The molecule has 0 aliphatic carbocycles. The molecule has 0 heterocycles. The standard InChI is InChI=1S/C17H23ClO/c1-5-7-8-9-10-15-14(4)16(18)12-13(3)17(15)19-11-6-2/h12H,5-6,9-11H2,1-4H3. The molecule has 0 aliphatic rings. The van der Waals surface area contributed by atoms with Gasteiger partial charge in [-0.1, -0.05) is 25.4 Å². The monoisotopic (exact) mass is 278 g/mol. The highest BCUT2D eigenvalue weighted by Gasteiger charge is 2.13. The van der Waals surface area contributed by atoms with Crippen molar-refractivity contribution >= 4 is 11.6 Å². The van der Waals surface area contributed by atoms with Crippen molar-refractivity contribution in [2.24, 2.45) is 0 Å². The molecule has 0 saturated heterocycles. The van der Waals surface area contributed by atoms with Gasteiger partial charge in [0, 0.05) is 17.9 Å². The molecule has 0 N–H and O–H groups in total. The molecule has 0 spiro atoms. The average molecular weight is 279 g/mol. The lowest BCUT2D eigenvalue weighted by atomic mass is 9.99. The van der Waals surface area contributed by atoms with Crippen LogP contribution in [-0.2, 0) is 6.42 Å². The summed E-state index contributed by atoms with van der Waals surface area (Å²) in [5.74, 6) is 7.29. The van der Waals surface area contributed by atoms with Gasteiger partial charge in [-0.05, 0) is 49.4 Å². The van der Waals surface area contributed by atoms with Crippen LogP contribution in [0.25, 0.3) is 0 Å². The van der Waals surface area contributed by atoms with Gasteiger partial charge < -0.3 is 4.74 Å². The zero-order valence-electron chi connectivity index (χ0n) is 12.4. The largest absolute Gasteiger partial charge is 0.493 e. The zero-order valence-corrected chi connectivity index (χ0v) is 13.2. The molecule has 104 valence electrons. The highest BCUT2D eigenvalue weighted by molar-refractivity contribution is 6.31. The summed E-state index contributed by atoms with van der Waals surface area (Å²) in [6.07, 6.45) is 3.68. The maximum Gasteiger partial charge on any atom is 0.125 e. The van der Waals surface area contributed by atoms with Gasteiger partial charge in [-0.25, -0.2) is 0 Å². The summed E-state index contributed by atoms with van der Waals surface area (Å²) in [6.45, 7) is 9.04. The smallest absolute Gasteiger partial charge is 0.125 e. The highest BCUT2D eigenvalue weighted by Crippen LogP contribution is 2.33. The summed E-state index contributed by atoms with van der Waals surface area (Å²) in [6, 6.07) is 1.99. The number of aryl methyl sites for hydroxylation is 1. The minimum Gasteiger partial charge on any atom is -0.493 e. The van der Waals surface area contributed by atoms with Gasteiger partial charge in [-0.3, -0.25) is 0 Å². The number of hydrogen-bond acceptors (Lipinski definition) is 1. The lowest BCUT2D eigenvalue weighted by Gasteiger charge is -2.17. The third kappa shape index (κ3) is 4.48. The van der Waals surface area contributed by atoms with Crippen molar-refractivity contribution in [3.63, 3.8) is 0 Å². The van der Waals surface area contributed by atoms with Crippen molar-refractivity contribution in [3.8, 4) is 17.6 Å². The number of ether oxygens (including phenoxy) is 1. The molecule has 0 bridgehead atoms. The van der Waals surface area contributed by atoms with Crippen LogP contribution < -0.4 is 4.74 Å². The molecule has 1 aromatic rings. The molecule has 1 nitrogen and oxygen atoms in total. The Morgan fingerprint density at radius 2 is 1.95 bits per heavy atom. The van der Waals surface area contributed by atoms with Gasteiger partial charge in [0.25, 0.3) is 0 Å². The van der Waals surface area contributed by atoms with Gasteiger partial charge in [-0.2, -0.15) is 0 Å². The van der Waals surface area contributed by atoms with Gasteiger partial charge in [0.05, 0.1) is 6.61 Å². The predicted molar refractivity (Wildman–Crippen MR) is 83.1 cm³/mol. The second-order valence-electron chi connectivity index (χ2n) is 4.66. The molecule has 2 heteroatoms. The molecule has 0 aliphatic heterocycles. The van der Waals surface area contributed by atoms with Crippen LogP contribution in [-0.4, -0.2) is 6.61 Å². The van der Waals surface area contributed by atoms with Gasteiger partial charge in [0.1, 0.15) is 5.75 Å². The second-order valence-corrected chi connectivity index (χ2v) is 5.07. The van der Waals surface area contributed by atoms with Gasteiger partial charge in [0.2, 0.25) is 0 Å². The highest BCUT2D eigenvalue weighted by atomic mass is 35.5. The summed E-state index contributed by atoms with van der Waals surface area (Å²) in [4.78, 5) is 0. The van der Waals surface area contributed by atoms with E-state index in [1.165, 1.54) is 5.56 Å². The Balaban J connectivity index is 3.02. The maximum atomic E-state index is 6.27. The van der Waals surface area contributed by atoms with E-state index in [4.69, 9.17) is 16.3 Å². The van der Waals surface area contributed by atoms with Crippen LogP contribution in [0, 0.1) is 25.7 Å². The summed E-state index contributed by atoms with van der Waals surface area (Å²) in [5, 5.41) is 0.819. The van der Waals surface area contributed by atoms with E-state index in [0.29, 0.717) is 0 Å². The van der Waals surface area contributed by atoms with Crippen LogP contribution in [0.3, 0.4) is 0 Å². The van der Waals surface area contributed by atoms with E-state index in [-0.39, 0.29) is 0 Å². The fourth-order valence-corrected chi connectivity index (χ4v) is 2.30. The van der Waals surface area contributed by atoms with Crippen LogP contribution >= 0.6 is 11.6 Å². The van der Waals surface area contributed by atoms with E-state index in [2.05, 4.69) is 39.5 Å². The molecule has 0 unspecified atom stereocenters. The molecule has 0 saturated carbocycles. The second kappa shape index (κ2) is 8.12. The molecule has 0 radical (unpaired) electrons. The first kappa shape index (κ1) is 15.9. The Kier molecular flexibility index (Phi) is 6.81. The molecular formula is C17H23ClO. The number of hydrogen-bond donors (Lipinski definition) is 0. The van der Waals surface area contributed by atoms with Crippen molar-refractivity contribution in [2.75, 3.05) is 6.61 Å². The van der Waals surface area contributed by atoms with Crippen LogP contribution in [0.15, 0.2) is 6.07 Å². The Bertz CT molecular complexity index is 480. The third-order valence-electron chi connectivity index (χ3n) is 3.04.